The SMILES string of the molecule is COc1ccc([N+](=O)[O-])cc1NC(=S)N[C@H](NC(=O)c1ccco1)C(Cl)(Cl)Cl. The van der Waals surface area contributed by atoms with Gasteiger partial charge in [0.25, 0.3) is 11.6 Å². The van der Waals surface area contributed by atoms with E-state index in [1.54, 1.807) is 0 Å². The maximum Gasteiger partial charge on any atom is 0.288 e. The quantitative estimate of drug-likeness (QED) is 0.194. The second kappa shape index (κ2) is 9.28. The maximum absolute atomic E-state index is 12.1. The molecule has 2 aromatic rings. The van der Waals surface area contributed by atoms with Crippen LogP contribution in [0.1, 0.15) is 10.6 Å². The number of hydrogen-bond donors (Lipinski definition) is 3. The van der Waals surface area contributed by atoms with Crippen LogP contribution in [-0.2, 0) is 0 Å². The zero-order valence-electron chi connectivity index (χ0n) is 14.1. The van der Waals surface area contributed by atoms with Crippen molar-refractivity contribution in [3.63, 3.8) is 0 Å². The van der Waals surface area contributed by atoms with Crippen molar-refractivity contribution in [2.45, 2.75) is 9.96 Å². The standard InChI is InChI=1S/C15H13Cl3N4O5S/c1-26-10-5-4-8(22(24)25)7-9(10)19-14(28)21-13(15(16,17)18)20-12(23)11-3-2-6-27-11/h2-7,13H,1H3,(H,20,23)(H2,19,21,28)/t13-/m0/s1. The van der Waals surface area contributed by atoms with Gasteiger partial charge in [0.1, 0.15) is 11.9 Å². The van der Waals surface area contributed by atoms with E-state index in [9.17, 15) is 14.9 Å². The van der Waals surface area contributed by atoms with Gasteiger partial charge in [0.15, 0.2) is 10.9 Å². The number of carbonyl (C=O) groups excluding carboxylic acids is 1. The number of nitro groups is 1. The summed E-state index contributed by atoms with van der Waals surface area (Å²) in [5.74, 6) is -0.357. The number of ether oxygens (including phenoxy) is 1. The lowest BCUT2D eigenvalue weighted by atomic mass is 10.2. The van der Waals surface area contributed by atoms with Crippen LogP contribution in [0.4, 0.5) is 11.4 Å². The van der Waals surface area contributed by atoms with E-state index in [1.807, 2.05) is 0 Å². The fourth-order valence-corrected chi connectivity index (χ4v) is 2.56. The van der Waals surface area contributed by atoms with Crippen molar-refractivity contribution in [2.75, 3.05) is 12.4 Å². The topological polar surface area (TPSA) is 119 Å². The lowest BCUT2D eigenvalue weighted by Crippen LogP contribution is -2.56. The number of nitrogens with one attached hydrogen (secondary N) is 3. The molecule has 1 aromatic carbocycles. The number of nitrogens with zero attached hydrogens (tertiary/aromatic N) is 1. The zero-order valence-corrected chi connectivity index (χ0v) is 17.2. The van der Waals surface area contributed by atoms with Gasteiger partial charge in [-0.1, -0.05) is 34.8 Å². The summed E-state index contributed by atoms with van der Waals surface area (Å²) in [5.41, 5.74) is 0.0183. The minimum absolute atomic E-state index is 0.000260. The summed E-state index contributed by atoms with van der Waals surface area (Å²) in [4.78, 5) is 22.5. The number of carbonyl (C=O) groups is 1. The van der Waals surface area contributed by atoms with Crippen molar-refractivity contribution in [2.24, 2.45) is 0 Å². The zero-order chi connectivity index (χ0) is 20.9. The number of thiocarbonyl (C=S) groups is 1. The van der Waals surface area contributed by atoms with Gasteiger partial charge in [-0.05, 0) is 30.4 Å². The van der Waals surface area contributed by atoms with E-state index in [0.29, 0.717) is 5.75 Å². The molecule has 3 N–H and O–H groups in total. The molecule has 0 aliphatic carbocycles. The molecular weight excluding hydrogens is 455 g/mol. The molecule has 28 heavy (non-hydrogen) atoms. The molecule has 0 unspecified atom stereocenters. The largest absolute Gasteiger partial charge is 0.495 e. The third-order valence-corrected chi connectivity index (χ3v) is 4.14. The van der Waals surface area contributed by atoms with E-state index in [0.717, 1.165) is 0 Å². The van der Waals surface area contributed by atoms with Gasteiger partial charge in [-0.3, -0.25) is 14.9 Å². The Balaban J connectivity index is 2.15. The number of alkyl halides is 3. The summed E-state index contributed by atoms with van der Waals surface area (Å²) in [6, 6.07) is 6.84. The molecule has 2 rings (SSSR count). The minimum Gasteiger partial charge on any atom is -0.495 e. The Morgan fingerprint density at radius 3 is 2.57 bits per heavy atom. The van der Waals surface area contributed by atoms with Crippen LogP contribution in [0.25, 0.3) is 0 Å². The molecule has 0 aliphatic heterocycles. The Kier molecular flexibility index (Phi) is 7.30. The molecule has 0 bridgehead atoms. The van der Waals surface area contributed by atoms with Gasteiger partial charge in [-0.25, -0.2) is 0 Å². The summed E-state index contributed by atoms with van der Waals surface area (Å²) in [6.45, 7) is 0. The number of anilines is 1. The van der Waals surface area contributed by atoms with Crippen molar-refractivity contribution in [3.8, 4) is 5.75 Å². The molecule has 1 atom stereocenters. The van der Waals surface area contributed by atoms with Gasteiger partial charge in [0.2, 0.25) is 3.79 Å². The van der Waals surface area contributed by atoms with E-state index in [2.05, 4.69) is 16.0 Å². The van der Waals surface area contributed by atoms with Crippen LogP contribution in [0.3, 0.4) is 0 Å². The Bertz CT molecular complexity index is 873. The average Bonchev–Trinajstić information content (AvgIpc) is 3.14. The second-order valence-corrected chi connectivity index (χ2v) is 7.94. The van der Waals surface area contributed by atoms with Crippen LogP contribution in [0.2, 0.25) is 0 Å². The molecule has 0 saturated heterocycles. The molecule has 150 valence electrons. The molecular formula is C15H13Cl3N4O5S. The average molecular weight is 468 g/mol. The number of rotatable bonds is 6. The van der Waals surface area contributed by atoms with Gasteiger partial charge in [0, 0.05) is 12.1 Å². The Morgan fingerprint density at radius 1 is 1.32 bits per heavy atom. The lowest BCUT2D eigenvalue weighted by Gasteiger charge is -2.27. The summed E-state index contributed by atoms with van der Waals surface area (Å²) < 4.78 is 8.13. The van der Waals surface area contributed by atoms with E-state index < -0.39 is 20.8 Å². The molecule has 0 spiro atoms. The molecule has 9 nitrogen and oxygen atoms in total. The number of amides is 1. The number of hydrogen-bond acceptors (Lipinski definition) is 6. The number of furan rings is 1. The highest BCUT2D eigenvalue weighted by molar-refractivity contribution is 7.80. The van der Waals surface area contributed by atoms with Crippen molar-refractivity contribution < 1.29 is 18.9 Å². The van der Waals surface area contributed by atoms with Crippen molar-refractivity contribution in [1.82, 2.24) is 10.6 Å². The lowest BCUT2D eigenvalue weighted by molar-refractivity contribution is -0.384. The molecule has 0 radical (unpaired) electrons. The second-order valence-electron chi connectivity index (χ2n) is 5.17. The highest BCUT2D eigenvalue weighted by Gasteiger charge is 2.35. The first-order valence-corrected chi connectivity index (χ1v) is 8.97. The van der Waals surface area contributed by atoms with Crippen LogP contribution in [0.5, 0.6) is 5.75 Å². The predicted octanol–water partition coefficient (Wildman–Crippen LogP) is 3.61. The van der Waals surface area contributed by atoms with Crippen LogP contribution in [0, 0.1) is 10.1 Å². The number of halogens is 3. The summed E-state index contributed by atoms with van der Waals surface area (Å²) >= 11 is 22.8. The van der Waals surface area contributed by atoms with Gasteiger partial charge >= 0.3 is 0 Å². The third-order valence-electron chi connectivity index (χ3n) is 3.27. The van der Waals surface area contributed by atoms with E-state index in [1.165, 1.54) is 43.7 Å². The van der Waals surface area contributed by atoms with E-state index in [4.69, 9.17) is 56.2 Å². The molecule has 0 saturated carbocycles. The molecule has 0 fully saturated rings. The summed E-state index contributed by atoms with van der Waals surface area (Å²) in [5, 5.41) is 18.6. The third kappa shape index (κ3) is 5.86. The minimum atomic E-state index is -1.99. The van der Waals surface area contributed by atoms with Gasteiger partial charge in [-0.15, -0.1) is 0 Å². The van der Waals surface area contributed by atoms with E-state index >= 15 is 0 Å². The Hall–Kier alpha value is -2.27. The molecule has 1 amide bonds. The number of non-ortho nitro benzene ring substituents is 1. The van der Waals surface area contributed by atoms with E-state index in [-0.39, 0.29) is 22.2 Å². The smallest absolute Gasteiger partial charge is 0.288 e. The highest BCUT2D eigenvalue weighted by atomic mass is 35.6. The first-order valence-electron chi connectivity index (χ1n) is 7.43. The molecule has 13 heteroatoms. The predicted molar refractivity (Wildman–Crippen MR) is 109 cm³/mol. The van der Waals surface area contributed by atoms with Crippen LogP contribution < -0.4 is 20.7 Å². The van der Waals surface area contributed by atoms with Crippen molar-refractivity contribution >= 4 is 69.4 Å². The van der Waals surface area contributed by atoms with Gasteiger partial charge in [0.05, 0.1) is 24.0 Å². The van der Waals surface area contributed by atoms with Gasteiger partial charge < -0.3 is 25.1 Å². The van der Waals surface area contributed by atoms with Gasteiger partial charge in [-0.2, -0.15) is 0 Å². The molecule has 1 heterocycles. The Morgan fingerprint density at radius 2 is 2.04 bits per heavy atom. The first kappa shape index (κ1) is 22.0. The monoisotopic (exact) mass is 466 g/mol. The molecule has 0 aliphatic rings. The fourth-order valence-electron chi connectivity index (χ4n) is 2.01. The Labute approximate surface area is 179 Å². The molecule has 1 aromatic heterocycles. The normalized spacial score (nSPS) is 12.0. The number of nitro benzene ring substituents is 1. The van der Waals surface area contributed by atoms with Crippen molar-refractivity contribution in [1.29, 1.82) is 0 Å². The first-order chi connectivity index (χ1) is 13.1. The fraction of sp³-hybridized carbons (Fsp3) is 0.200. The number of benzene rings is 1. The van der Waals surface area contributed by atoms with Crippen LogP contribution >= 0.6 is 47.0 Å². The summed E-state index contributed by atoms with van der Waals surface area (Å²) in [6.07, 6.45) is 0.0628. The van der Waals surface area contributed by atoms with Crippen molar-refractivity contribution in [3.05, 3.63) is 52.5 Å². The highest BCUT2D eigenvalue weighted by Crippen LogP contribution is 2.31. The summed E-state index contributed by atoms with van der Waals surface area (Å²) in [7, 11) is 1.39. The maximum atomic E-state index is 12.1. The van der Waals surface area contributed by atoms with Crippen LogP contribution in [0.15, 0.2) is 41.0 Å². The number of methoxy groups -OCH3 is 1. The van der Waals surface area contributed by atoms with Crippen LogP contribution in [-0.4, -0.2) is 33.0 Å².